The fourth-order valence-electron chi connectivity index (χ4n) is 3.50. The van der Waals surface area contributed by atoms with E-state index in [2.05, 4.69) is 29.2 Å². The third-order valence-corrected chi connectivity index (χ3v) is 6.02. The number of anilines is 1. The molecule has 2 heterocycles. The average Bonchev–Trinajstić information content (AvgIpc) is 2.64. The van der Waals surface area contributed by atoms with Crippen molar-refractivity contribution < 1.29 is 8.42 Å². The molecular formula is C20H30Cl2N4O3S. The van der Waals surface area contributed by atoms with E-state index in [0.29, 0.717) is 17.9 Å². The Hall–Kier alpha value is -1.61. The first-order valence-electron chi connectivity index (χ1n) is 9.56. The third kappa shape index (κ3) is 5.75. The number of rotatable bonds is 5. The molecule has 0 unspecified atom stereocenters. The van der Waals surface area contributed by atoms with E-state index in [9.17, 15) is 13.2 Å². The summed E-state index contributed by atoms with van der Waals surface area (Å²) in [6, 6.07) is 6.71. The molecule has 0 atom stereocenters. The van der Waals surface area contributed by atoms with Gasteiger partial charge in [0.05, 0.1) is 10.6 Å². The quantitative estimate of drug-likeness (QED) is 0.713. The minimum atomic E-state index is -3.26. The van der Waals surface area contributed by atoms with Crippen LogP contribution in [0.1, 0.15) is 19.4 Å². The zero-order valence-electron chi connectivity index (χ0n) is 17.7. The molecule has 30 heavy (non-hydrogen) atoms. The van der Waals surface area contributed by atoms with Gasteiger partial charge in [0.15, 0.2) is 9.84 Å². The Morgan fingerprint density at radius 2 is 1.67 bits per heavy atom. The maximum atomic E-state index is 13.2. The summed E-state index contributed by atoms with van der Waals surface area (Å²) in [5.41, 5.74) is 2.98. The lowest BCUT2D eigenvalue weighted by molar-refractivity contribution is 0.462. The average molecular weight is 477 g/mol. The lowest BCUT2D eigenvalue weighted by Crippen LogP contribution is -2.47. The SMILES string of the molecule is Cc1c(-c2ccc(S(C)(=O)=O)cc2)nn(CC(C)C)c(=O)c1N1CCNCC1.Cl.Cl. The highest BCUT2D eigenvalue weighted by atomic mass is 35.5. The summed E-state index contributed by atoms with van der Waals surface area (Å²) in [5, 5.41) is 7.96. The van der Waals surface area contributed by atoms with E-state index in [1.165, 1.54) is 6.26 Å². The molecule has 0 saturated carbocycles. The molecule has 1 N–H and O–H groups in total. The van der Waals surface area contributed by atoms with Crippen molar-refractivity contribution >= 4 is 40.3 Å². The molecule has 0 spiro atoms. The van der Waals surface area contributed by atoms with Crippen LogP contribution in [0.5, 0.6) is 0 Å². The van der Waals surface area contributed by atoms with Crippen molar-refractivity contribution in [2.24, 2.45) is 5.92 Å². The van der Waals surface area contributed by atoms with Gasteiger partial charge in [-0.25, -0.2) is 13.1 Å². The molecule has 1 fully saturated rings. The molecule has 1 aromatic heterocycles. The first-order chi connectivity index (χ1) is 13.2. The number of hydrogen-bond donors (Lipinski definition) is 1. The Labute approximate surface area is 190 Å². The van der Waals surface area contributed by atoms with Gasteiger partial charge in [0.1, 0.15) is 5.69 Å². The first-order valence-corrected chi connectivity index (χ1v) is 11.5. The van der Waals surface area contributed by atoms with Gasteiger partial charge in [-0.1, -0.05) is 26.0 Å². The van der Waals surface area contributed by atoms with Crippen molar-refractivity contribution in [2.45, 2.75) is 32.2 Å². The highest BCUT2D eigenvalue weighted by Gasteiger charge is 2.22. The number of benzene rings is 1. The van der Waals surface area contributed by atoms with Crippen molar-refractivity contribution in [3.05, 3.63) is 40.2 Å². The molecule has 168 valence electrons. The van der Waals surface area contributed by atoms with Crippen LogP contribution in [0.4, 0.5) is 5.69 Å². The van der Waals surface area contributed by atoms with E-state index >= 15 is 0 Å². The Morgan fingerprint density at radius 3 is 2.17 bits per heavy atom. The highest BCUT2D eigenvalue weighted by molar-refractivity contribution is 7.90. The normalized spacial score (nSPS) is 14.2. The minimum Gasteiger partial charge on any atom is -0.364 e. The summed E-state index contributed by atoms with van der Waals surface area (Å²) in [7, 11) is -3.26. The van der Waals surface area contributed by atoms with E-state index in [1.54, 1.807) is 28.9 Å². The van der Waals surface area contributed by atoms with Crippen LogP contribution in [0.3, 0.4) is 0 Å². The Bertz CT molecular complexity index is 1020. The van der Waals surface area contributed by atoms with E-state index in [0.717, 1.165) is 37.3 Å². The van der Waals surface area contributed by atoms with Crippen molar-refractivity contribution in [1.82, 2.24) is 15.1 Å². The van der Waals surface area contributed by atoms with Crippen LogP contribution in [-0.4, -0.2) is 50.6 Å². The Morgan fingerprint density at radius 1 is 1.10 bits per heavy atom. The molecule has 0 aliphatic carbocycles. The second-order valence-corrected chi connectivity index (χ2v) is 9.75. The summed E-state index contributed by atoms with van der Waals surface area (Å²) in [5.74, 6) is 0.282. The van der Waals surface area contributed by atoms with E-state index in [-0.39, 0.29) is 41.2 Å². The lowest BCUT2D eigenvalue weighted by atomic mass is 10.1. The molecule has 2 aromatic rings. The van der Waals surface area contributed by atoms with Crippen LogP contribution in [0.25, 0.3) is 11.3 Å². The van der Waals surface area contributed by atoms with Gasteiger partial charge in [-0.3, -0.25) is 4.79 Å². The number of hydrogen-bond acceptors (Lipinski definition) is 6. The Balaban J connectivity index is 0.00000225. The largest absolute Gasteiger partial charge is 0.364 e. The summed E-state index contributed by atoms with van der Waals surface area (Å²) in [6.45, 7) is 9.78. The van der Waals surface area contributed by atoms with Crippen LogP contribution in [0.15, 0.2) is 34.0 Å². The molecule has 0 bridgehead atoms. The van der Waals surface area contributed by atoms with Gasteiger partial charge in [0.2, 0.25) is 0 Å². The second kappa shape index (κ2) is 10.6. The van der Waals surface area contributed by atoms with Gasteiger partial charge in [0, 0.05) is 50.1 Å². The van der Waals surface area contributed by atoms with Crippen LogP contribution in [0, 0.1) is 12.8 Å². The van der Waals surface area contributed by atoms with Gasteiger partial charge in [0.25, 0.3) is 5.56 Å². The van der Waals surface area contributed by atoms with Crippen LogP contribution >= 0.6 is 24.8 Å². The van der Waals surface area contributed by atoms with Crippen LogP contribution in [-0.2, 0) is 16.4 Å². The van der Waals surface area contributed by atoms with Gasteiger partial charge in [-0.2, -0.15) is 5.10 Å². The number of sulfone groups is 1. The molecule has 10 heteroatoms. The van der Waals surface area contributed by atoms with E-state index in [1.807, 2.05) is 6.92 Å². The fraction of sp³-hybridized carbons (Fsp3) is 0.500. The number of aromatic nitrogens is 2. The van der Waals surface area contributed by atoms with Crippen molar-refractivity contribution in [1.29, 1.82) is 0 Å². The lowest BCUT2D eigenvalue weighted by Gasteiger charge is -2.31. The summed E-state index contributed by atoms with van der Waals surface area (Å²) in [6.07, 6.45) is 1.19. The fourth-order valence-corrected chi connectivity index (χ4v) is 4.13. The molecule has 0 amide bonds. The number of nitrogens with zero attached hydrogens (tertiary/aromatic N) is 3. The van der Waals surface area contributed by atoms with Gasteiger partial charge in [-0.05, 0) is 25.0 Å². The maximum Gasteiger partial charge on any atom is 0.290 e. The number of piperazine rings is 1. The summed E-state index contributed by atoms with van der Waals surface area (Å²) < 4.78 is 25.1. The van der Waals surface area contributed by atoms with Gasteiger partial charge < -0.3 is 10.2 Å². The molecular weight excluding hydrogens is 447 g/mol. The van der Waals surface area contributed by atoms with Gasteiger partial charge >= 0.3 is 0 Å². The molecule has 7 nitrogen and oxygen atoms in total. The van der Waals surface area contributed by atoms with Crippen molar-refractivity contribution in [3.63, 3.8) is 0 Å². The molecule has 1 saturated heterocycles. The Kier molecular flexibility index (Phi) is 9.35. The number of nitrogens with one attached hydrogen (secondary N) is 1. The first kappa shape index (κ1) is 26.4. The maximum absolute atomic E-state index is 13.2. The molecule has 1 aliphatic heterocycles. The predicted octanol–water partition coefficient (Wildman–Crippen LogP) is 2.53. The van der Waals surface area contributed by atoms with E-state index < -0.39 is 9.84 Å². The highest BCUT2D eigenvalue weighted by Crippen LogP contribution is 2.27. The number of halogens is 2. The predicted molar refractivity (Wildman–Crippen MR) is 126 cm³/mol. The molecule has 3 rings (SSSR count). The van der Waals surface area contributed by atoms with Crippen LogP contribution < -0.4 is 15.8 Å². The van der Waals surface area contributed by atoms with Crippen molar-refractivity contribution in [2.75, 3.05) is 37.3 Å². The summed E-state index contributed by atoms with van der Waals surface area (Å²) >= 11 is 0. The third-order valence-electron chi connectivity index (χ3n) is 4.90. The topological polar surface area (TPSA) is 84.3 Å². The van der Waals surface area contributed by atoms with E-state index in [4.69, 9.17) is 0 Å². The minimum absolute atomic E-state index is 0. The molecule has 1 aliphatic rings. The van der Waals surface area contributed by atoms with Crippen molar-refractivity contribution in [3.8, 4) is 11.3 Å². The molecule has 1 aromatic carbocycles. The smallest absolute Gasteiger partial charge is 0.290 e. The van der Waals surface area contributed by atoms with Crippen LogP contribution in [0.2, 0.25) is 0 Å². The zero-order valence-corrected chi connectivity index (χ0v) is 20.2. The molecule has 0 radical (unpaired) electrons. The summed E-state index contributed by atoms with van der Waals surface area (Å²) in [4.78, 5) is 15.5. The standard InChI is InChI=1S/C20H28N4O3S.2ClH/c1-14(2)13-24-20(25)19(23-11-9-21-10-12-23)15(3)18(22-24)16-5-7-17(8-6-16)28(4,26)27;;/h5-8,14,21H,9-13H2,1-4H3;2*1H. The monoisotopic (exact) mass is 476 g/mol. The second-order valence-electron chi connectivity index (χ2n) is 7.74. The zero-order chi connectivity index (χ0) is 20.5. The van der Waals surface area contributed by atoms with Gasteiger partial charge in [-0.15, -0.1) is 24.8 Å².